The molecule has 0 spiro atoms. The van der Waals surface area contributed by atoms with Crippen LogP contribution in [0.15, 0.2) is 6.33 Å². The van der Waals surface area contributed by atoms with Gasteiger partial charge in [-0.15, -0.1) is 0 Å². The molecule has 8 nitrogen and oxygen atoms in total. The molecule has 1 aliphatic rings. The molecule has 1 saturated heterocycles. The van der Waals surface area contributed by atoms with Gasteiger partial charge in [-0.1, -0.05) is 11.6 Å². The van der Waals surface area contributed by atoms with E-state index in [1.165, 1.54) is 10.9 Å². The predicted octanol–water partition coefficient (Wildman–Crippen LogP) is -0.000200. The van der Waals surface area contributed by atoms with E-state index < -0.39 is 24.8 Å². The molecule has 2 aromatic heterocycles. The summed E-state index contributed by atoms with van der Waals surface area (Å²) < 4.78 is 20.3. The Labute approximate surface area is 117 Å². The van der Waals surface area contributed by atoms with Crippen LogP contribution < -0.4 is 5.73 Å². The molecular weight excluding hydrogens is 293 g/mol. The summed E-state index contributed by atoms with van der Waals surface area (Å²) in [7, 11) is 0. The van der Waals surface area contributed by atoms with Crippen molar-refractivity contribution in [1.82, 2.24) is 19.5 Å². The summed E-state index contributed by atoms with van der Waals surface area (Å²) in [6, 6.07) is 0. The van der Waals surface area contributed by atoms with Crippen LogP contribution in [0.1, 0.15) is 12.6 Å². The smallest absolute Gasteiger partial charge is 0.237 e. The van der Waals surface area contributed by atoms with Crippen molar-refractivity contribution in [3.8, 4) is 0 Å². The number of nitrogens with two attached hydrogens (primary N) is 1. The van der Waals surface area contributed by atoms with E-state index in [0.29, 0.717) is 0 Å². The van der Waals surface area contributed by atoms with Gasteiger partial charge in [0.15, 0.2) is 17.0 Å². The Bertz CT molecular complexity index is 668. The maximum Gasteiger partial charge on any atom is 0.237 e. The predicted molar refractivity (Wildman–Crippen MR) is 66.4 cm³/mol. The molecule has 108 valence electrons. The zero-order valence-corrected chi connectivity index (χ0v) is 10.8. The summed E-state index contributed by atoms with van der Waals surface area (Å²) in [4.78, 5) is 11.7. The highest BCUT2D eigenvalue weighted by Gasteiger charge is 2.47. The van der Waals surface area contributed by atoms with E-state index in [0.717, 1.165) is 0 Å². The Morgan fingerprint density at radius 1 is 1.60 bits per heavy atom. The Morgan fingerprint density at radius 3 is 3.00 bits per heavy atom. The average molecular weight is 304 g/mol. The van der Waals surface area contributed by atoms with Gasteiger partial charge >= 0.3 is 0 Å². The number of aliphatic hydroxyl groups is 2. The summed E-state index contributed by atoms with van der Waals surface area (Å²) in [6.07, 6.45) is -1.31. The van der Waals surface area contributed by atoms with Gasteiger partial charge in [0.2, 0.25) is 11.8 Å². The van der Waals surface area contributed by atoms with Gasteiger partial charge in [-0.3, -0.25) is 4.57 Å². The summed E-state index contributed by atoms with van der Waals surface area (Å²) in [6.45, 7) is -0.856. The van der Waals surface area contributed by atoms with Crippen LogP contribution in [0.5, 0.6) is 0 Å². The number of rotatable bonds is 2. The first-order valence-corrected chi connectivity index (χ1v) is 6.12. The lowest BCUT2D eigenvalue weighted by molar-refractivity contribution is -0.179. The normalized spacial score (nSPS) is 30.2. The van der Waals surface area contributed by atoms with Crippen molar-refractivity contribution in [2.24, 2.45) is 0 Å². The molecule has 0 saturated carbocycles. The van der Waals surface area contributed by atoms with E-state index in [9.17, 15) is 9.50 Å². The second kappa shape index (κ2) is 4.48. The number of ether oxygens (including phenoxy) is 1. The van der Waals surface area contributed by atoms with Crippen molar-refractivity contribution in [1.29, 1.82) is 0 Å². The van der Waals surface area contributed by atoms with Gasteiger partial charge < -0.3 is 20.7 Å². The standard InChI is InChI=1S/C10H11ClFN5O3/c11-6-5-7(16-9(13)15-6)17(3-14-5)8-4(19)1-10(12,2-18)20-8/h3-4,8,18-19H,1-2H2,(H2,13,15,16)/t4-,8-,10+/m1/s1. The second-order valence-corrected chi connectivity index (χ2v) is 4.88. The SMILES string of the molecule is Nc1nc(Cl)c2ncn([C@@H]3O[C@](F)(CO)C[C@H]3O)c2n1. The molecule has 3 heterocycles. The number of anilines is 1. The van der Waals surface area contributed by atoms with Crippen LogP contribution in [0.3, 0.4) is 0 Å². The average Bonchev–Trinajstić information content (AvgIpc) is 2.91. The number of aromatic nitrogens is 4. The van der Waals surface area contributed by atoms with Crippen LogP contribution >= 0.6 is 11.6 Å². The third-order valence-electron chi connectivity index (χ3n) is 3.08. The second-order valence-electron chi connectivity index (χ2n) is 4.52. The third kappa shape index (κ3) is 1.99. The first-order chi connectivity index (χ1) is 9.43. The molecule has 2 aromatic rings. The van der Waals surface area contributed by atoms with Gasteiger partial charge in [0.1, 0.15) is 18.2 Å². The number of fused-ring (bicyclic) bond motifs is 1. The Morgan fingerprint density at radius 2 is 2.35 bits per heavy atom. The quantitative estimate of drug-likeness (QED) is 0.668. The maximum atomic E-state index is 13.9. The van der Waals surface area contributed by atoms with Crippen LogP contribution in [0.4, 0.5) is 10.3 Å². The summed E-state index contributed by atoms with van der Waals surface area (Å²) in [5.74, 6) is -2.38. The molecule has 20 heavy (non-hydrogen) atoms. The maximum absolute atomic E-state index is 13.9. The highest BCUT2D eigenvalue weighted by atomic mass is 35.5. The summed E-state index contributed by atoms with van der Waals surface area (Å²) >= 11 is 5.88. The van der Waals surface area contributed by atoms with Crippen LogP contribution in [0, 0.1) is 0 Å². The van der Waals surface area contributed by atoms with Crippen molar-refractivity contribution in [2.75, 3.05) is 12.3 Å². The minimum atomic E-state index is -2.30. The van der Waals surface area contributed by atoms with Crippen molar-refractivity contribution in [3.05, 3.63) is 11.5 Å². The van der Waals surface area contributed by atoms with Crippen LogP contribution in [-0.2, 0) is 4.74 Å². The monoisotopic (exact) mass is 303 g/mol. The molecule has 3 rings (SSSR count). The van der Waals surface area contributed by atoms with Crippen molar-refractivity contribution in [3.63, 3.8) is 0 Å². The van der Waals surface area contributed by atoms with E-state index in [4.69, 9.17) is 27.2 Å². The Hall–Kier alpha value is -1.55. The van der Waals surface area contributed by atoms with Crippen LogP contribution in [0.25, 0.3) is 11.2 Å². The van der Waals surface area contributed by atoms with Gasteiger partial charge in [0.05, 0.1) is 6.33 Å². The highest BCUT2D eigenvalue weighted by Crippen LogP contribution is 2.38. The molecule has 1 aliphatic heterocycles. The van der Waals surface area contributed by atoms with Crippen LogP contribution in [-0.4, -0.2) is 48.3 Å². The fourth-order valence-electron chi connectivity index (χ4n) is 2.18. The minimum absolute atomic E-state index is 0.0485. The fourth-order valence-corrected chi connectivity index (χ4v) is 2.40. The topological polar surface area (TPSA) is 119 Å². The van der Waals surface area contributed by atoms with E-state index in [2.05, 4.69) is 15.0 Å². The molecule has 0 aliphatic carbocycles. The largest absolute Gasteiger partial charge is 0.390 e. The number of alkyl halides is 1. The Kier molecular flexibility index (Phi) is 3.01. The number of nitrogen functional groups attached to an aromatic ring is 1. The van der Waals surface area contributed by atoms with E-state index >= 15 is 0 Å². The summed E-state index contributed by atoms with van der Waals surface area (Å²) in [5.41, 5.74) is 5.98. The van der Waals surface area contributed by atoms with Crippen molar-refractivity contribution < 1.29 is 19.3 Å². The molecule has 1 fully saturated rings. The van der Waals surface area contributed by atoms with Gasteiger partial charge in [-0.2, -0.15) is 9.97 Å². The molecule has 4 N–H and O–H groups in total. The fraction of sp³-hybridized carbons (Fsp3) is 0.500. The molecule has 0 radical (unpaired) electrons. The van der Waals surface area contributed by atoms with E-state index in [1.807, 2.05) is 0 Å². The number of hydrogen-bond donors (Lipinski definition) is 3. The van der Waals surface area contributed by atoms with Crippen molar-refractivity contribution >= 4 is 28.7 Å². The lowest BCUT2D eigenvalue weighted by Gasteiger charge is -2.18. The van der Waals surface area contributed by atoms with Crippen molar-refractivity contribution in [2.45, 2.75) is 24.6 Å². The zero-order valence-electron chi connectivity index (χ0n) is 10.1. The molecule has 0 aromatic carbocycles. The number of imidazole rings is 1. The van der Waals surface area contributed by atoms with E-state index in [-0.39, 0.29) is 28.7 Å². The molecule has 0 bridgehead atoms. The van der Waals surface area contributed by atoms with E-state index in [1.54, 1.807) is 0 Å². The number of hydrogen-bond acceptors (Lipinski definition) is 7. The van der Waals surface area contributed by atoms with Crippen LogP contribution in [0.2, 0.25) is 5.15 Å². The highest BCUT2D eigenvalue weighted by molar-refractivity contribution is 6.33. The lowest BCUT2D eigenvalue weighted by Crippen LogP contribution is -2.27. The first-order valence-electron chi connectivity index (χ1n) is 5.75. The molecule has 0 amide bonds. The number of halogens is 2. The Balaban J connectivity index is 2.07. The van der Waals surface area contributed by atoms with Gasteiger partial charge in [0.25, 0.3) is 0 Å². The molecule has 10 heteroatoms. The first kappa shape index (κ1) is 13.4. The zero-order chi connectivity index (χ0) is 14.5. The minimum Gasteiger partial charge on any atom is -0.390 e. The number of nitrogens with zero attached hydrogens (tertiary/aromatic N) is 4. The molecular formula is C10H11ClFN5O3. The summed E-state index contributed by atoms with van der Waals surface area (Å²) in [5, 5.41) is 18.9. The van der Waals surface area contributed by atoms with Gasteiger partial charge in [0, 0.05) is 6.42 Å². The number of aliphatic hydroxyl groups excluding tert-OH is 2. The van der Waals surface area contributed by atoms with Gasteiger partial charge in [-0.05, 0) is 0 Å². The molecule has 3 atom stereocenters. The molecule has 0 unspecified atom stereocenters. The van der Waals surface area contributed by atoms with Gasteiger partial charge in [-0.25, -0.2) is 9.37 Å². The lowest BCUT2D eigenvalue weighted by atomic mass is 10.2. The third-order valence-corrected chi connectivity index (χ3v) is 3.35.